The van der Waals surface area contributed by atoms with Gasteiger partial charge in [-0.15, -0.1) is 0 Å². The summed E-state index contributed by atoms with van der Waals surface area (Å²) >= 11 is 2.02. The van der Waals surface area contributed by atoms with Gasteiger partial charge in [0.1, 0.15) is 5.60 Å². The van der Waals surface area contributed by atoms with Crippen LogP contribution >= 0.6 is 22.6 Å². The highest BCUT2D eigenvalue weighted by Gasteiger charge is 2.25. The molecule has 0 saturated heterocycles. The van der Waals surface area contributed by atoms with Gasteiger partial charge in [-0.05, 0) is 23.5 Å². The normalized spacial score (nSPS) is 20.1. The highest BCUT2D eigenvalue weighted by Crippen LogP contribution is 2.16. The summed E-state index contributed by atoms with van der Waals surface area (Å²) in [6.45, 7) is 3.59. The van der Waals surface area contributed by atoms with E-state index in [0.717, 1.165) is 6.42 Å². The molecule has 0 amide bonds. The van der Waals surface area contributed by atoms with Crippen LogP contribution in [0.3, 0.4) is 0 Å². The summed E-state index contributed by atoms with van der Waals surface area (Å²) in [5, 5.41) is 19.0. The molecule has 0 aliphatic heterocycles. The van der Waals surface area contributed by atoms with Gasteiger partial charge in [-0.3, -0.25) is 0 Å². The van der Waals surface area contributed by atoms with Crippen molar-refractivity contribution in [2.45, 2.75) is 38.4 Å². The fraction of sp³-hybridized carbons (Fsp3) is 0.750. The van der Waals surface area contributed by atoms with Gasteiger partial charge in [0, 0.05) is 0 Å². The van der Waals surface area contributed by atoms with Gasteiger partial charge in [-0.25, -0.2) is 0 Å². The van der Waals surface area contributed by atoms with Gasteiger partial charge in [-0.1, -0.05) is 35.9 Å². The van der Waals surface area contributed by atoms with E-state index in [9.17, 15) is 10.2 Å². The third kappa shape index (κ3) is 4.08. The number of rotatable bonds is 4. The molecule has 66 valence electrons. The van der Waals surface area contributed by atoms with Crippen molar-refractivity contribution in [2.24, 2.45) is 0 Å². The molecule has 2 atom stereocenters. The van der Waals surface area contributed by atoms with Crippen LogP contribution in [0.5, 0.6) is 0 Å². The van der Waals surface area contributed by atoms with E-state index in [-0.39, 0.29) is 0 Å². The monoisotopic (exact) mass is 270 g/mol. The molecule has 0 aromatic rings. The van der Waals surface area contributed by atoms with Crippen LogP contribution in [0.1, 0.15) is 26.7 Å². The summed E-state index contributed by atoms with van der Waals surface area (Å²) in [5.41, 5.74) is -1.07. The topological polar surface area (TPSA) is 40.5 Å². The van der Waals surface area contributed by atoms with E-state index in [2.05, 4.69) is 0 Å². The molecule has 0 heterocycles. The van der Waals surface area contributed by atoms with E-state index < -0.39 is 11.7 Å². The summed E-state index contributed by atoms with van der Waals surface area (Å²) in [7, 11) is 0. The van der Waals surface area contributed by atoms with Crippen LogP contribution in [-0.4, -0.2) is 21.9 Å². The van der Waals surface area contributed by atoms with E-state index >= 15 is 0 Å². The molecule has 0 aromatic carbocycles. The van der Waals surface area contributed by atoms with Crippen LogP contribution in [-0.2, 0) is 0 Å². The Bertz CT molecular complexity index is 132. The minimum absolute atomic E-state index is 0.633. The Balaban J connectivity index is 4.05. The third-order valence-electron chi connectivity index (χ3n) is 1.64. The summed E-state index contributed by atoms with van der Waals surface area (Å²) in [6.07, 6.45) is 2.47. The number of hydrogen-bond acceptors (Lipinski definition) is 2. The zero-order valence-electron chi connectivity index (χ0n) is 6.92. The molecule has 0 fully saturated rings. The highest BCUT2D eigenvalue weighted by molar-refractivity contribution is 14.1. The van der Waals surface area contributed by atoms with Gasteiger partial charge in [-0.2, -0.15) is 0 Å². The van der Waals surface area contributed by atoms with Crippen molar-refractivity contribution in [3.63, 3.8) is 0 Å². The molecular weight excluding hydrogens is 255 g/mol. The number of aliphatic hydroxyl groups excluding tert-OH is 1. The molecule has 0 aromatic heterocycles. The van der Waals surface area contributed by atoms with Gasteiger partial charge in [0.2, 0.25) is 0 Å². The number of hydrogen-bond donors (Lipinski definition) is 2. The molecule has 0 aliphatic carbocycles. The van der Waals surface area contributed by atoms with Crippen LogP contribution in [0.25, 0.3) is 0 Å². The smallest absolute Gasteiger partial charge is 0.106 e. The van der Waals surface area contributed by atoms with Gasteiger partial charge >= 0.3 is 0 Å². The maximum Gasteiger partial charge on any atom is 0.106 e. The minimum atomic E-state index is -1.07. The lowest BCUT2D eigenvalue weighted by Gasteiger charge is -2.24. The predicted octanol–water partition coefficient (Wildman–Crippen LogP) is 1.85. The Morgan fingerprint density at radius 2 is 2.18 bits per heavy atom. The van der Waals surface area contributed by atoms with Crippen LogP contribution in [0, 0.1) is 0 Å². The summed E-state index contributed by atoms with van der Waals surface area (Å²) in [6, 6.07) is 0. The fourth-order valence-corrected chi connectivity index (χ4v) is 1.53. The van der Waals surface area contributed by atoms with Crippen LogP contribution in [0.15, 0.2) is 10.2 Å². The Kier molecular flexibility index (Phi) is 5.29. The van der Waals surface area contributed by atoms with Crippen LogP contribution < -0.4 is 0 Å². The Hall–Kier alpha value is 0.390. The van der Waals surface area contributed by atoms with Crippen molar-refractivity contribution in [3.05, 3.63) is 10.2 Å². The molecule has 3 heteroatoms. The average Bonchev–Trinajstić information content (AvgIpc) is 1.88. The first-order chi connectivity index (χ1) is 5.04. The lowest BCUT2D eigenvalue weighted by molar-refractivity contribution is -0.0300. The molecule has 2 N–H and O–H groups in total. The molecule has 0 aliphatic rings. The van der Waals surface area contributed by atoms with E-state index in [4.69, 9.17) is 0 Å². The first kappa shape index (κ1) is 11.4. The lowest BCUT2D eigenvalue weighted by atomic mass is 9.96. The van der Waals surface area contributed by atoms with Crippen molar-refractivity contribution in [2.75, 3.05) is 0 Å². The van der Waals surface area contributed by atoms with Crippen molar-refractivity contribution < 1.29 is 10.2 Å². The summed E-state index contributed by atoms with van der Waals surface area (Å²) in [4.78, 5) is 0. The summed E-state index contributed by atoms with van der Waals surface area (Å²) < 4.78 is 1.72. The molecule has 0 bridgehead atoms. The molecule has 11 heavy (non-hydrogen) atoms. The second-order valence-electron chi connectivity index (χ2n) is 2.82. The highest BCUT2D eigenvalue weighted by atomic mass is 127. The van der Waals surface area contributed by atoms with Gasteiger partial charge < -0.3 is 10.2 Å². The maximum atomic E-state index is 9.57. The second kappa shape index (κ2) is 5.11. The Labute approximate surface area is 81.5 Å². The average molecular weight is 270 g/mol. The molecular formula is C8H15IO2. The van der Waals surface area contributed by atoms with Crippen LogP contribution in [0.4, 0.5) is 0 Å². The molecule has 0 spiro atoms. The first-order valence-corrected chi connectivity index (χ1v) is 4.97. The molecule has 0 radical (unpaired) electrons. The van der Waals surface area contributed by atoms with E-state index in [1.807, 2.05) is 29.5 Å². The minimum Gasteiger partial charge on any atom is -0.390 e. The van der Waals surface area contributed by atoms with Gasteiger partial charge in [0.25, 0.3) is 0 Å². The van der Waals surface area contributed by atoms with E-state index in [1.54, 1.807) is 17.1 Å². The zero-order valence-corrected chi connectivity index (χ0v) is 9.08. The first-order valence-electron chi connectivity index (χ1n) is 3.73. The summed E-state index contributed by atoms with van der Waals surface area (Å²) in [5.74, 6) is 0. The molecule has 0 rings (SSSR count). The van der Waals surface area contributed by atoms with E-state index in [1.165, 1.54) is 0 Å². The molecule has 2 nitrogen and oxygen atoms in total. The van der Waals surface area contributed by atoms with Crippen molar-refractivity contribution in [1.29, 1.82) is 0 Å². The molecule has 2 unspecified atom stereocenters. The van der Waals surface area contributed by atoms with Crippen LogP contribution in [0.2, 0.25) is 0 Å². The quantitative estimate of drug-likeness (QED) is 0.765. The second-order valence-corrected chi connectivity index (χ2v) is 3.54. The molecule has 0 saturated carbocycles. The number of aliphatic hydroxyl groups is 2. The largest absolute Gasteiger partial charge is 0.390 e. The van der Waals surface area contributed by atoms with E-state index in [0.29, 0.717) is 6.42 Å². The fourth-order valence-electron chi connectivity index (χ4n) is 0.804. The van der Waals surface area contributed by atoms with Crippen molar-refractivity contribution >= 4 is 22.6 Å². The van der Waals surface area contributed by atoms with Gasteiger partial charge in [0.05, 0.1) is 6.10 Å². The standard InChI is InChI=1S/C8H15IO2/c1-3-4-7(10)8(2,11)5-6-9/h5-7,10-11H,3-4H2,1-2H3/b6-5+. The predicted molar refractivity (Wildman–Crippen MR) is 54.7 cm³/mol. The lowest BCUT2D eigenvalue weighted by Crippen LogP contribution is -2.36. The maximum absolute atomic E-state index is 9.57. The Morgan fingerprint density at radius 1 is 1.64 bits per heavy atom. The van der Waals surface area contributed by atoms with Crippen molar-refractivity contribution in [3.8, 4) is 0 Å². The zero-order chi connectivity index (χ0) is 8.91. The third-order valence-corrected chi connectivity index (χ3v) is 2.00. The van der Waals surface area contributed by atoms with Gasteiger partial charge in [0.15, 0.2) is 0 Å². The number of halogens is 1. The van der Waals surface area contributed by atoms with Crippen molar-refractivity contribution in [1.82, 2.24) is 0 Å². The Morgan fingerprint density at radius 3 is 2.55 bits per heavy atom. The SMILES string of the molecule is CCCC(O)C(C)(O)/C=C/I.